The fraction of sp³-hybridized carbons (Fsp3) is 0.261. The van der Waals surface area contributed by atoms with Gasteiger partial charge in [-0.15, -0.1) is 0 Å². The fourth-order valence-corrected chi connectivity index (χ4v) is 5.19. The highest BCUT2D eigenvalue weighted by atomic mass is 79.9. The molecule has 1 aliphatic carbocycles. The lowest BCUT2D eigenvalue weighted by molar-refractivity contribution is -0.139. The molecule has 1 spiro atoms. The number of anilines is 1. The molecule has 0 aromatic heterocycles. The summed E-state index contributed by atoms with van der Waals surface area (Å²) in [6.07, 6.45) is 4.33. The molecule has 1 aliphatic heterocycles. The van der Waals surface area contributed by atoms with Gasteiger partial charge in [-0.1, -0.05) is 77.3 Å². The number of benzene rings is 3. The smallest absolute Gasteiger partial charge is 0.236 e. The lowest BCUT2D eigenvalue weighted by atomic mass is 9.66. The molecule has 3 heteroatoms. The minimum atomic E-state index is -0.204. The summed E-state index contributed by atoms with van der Waals surface area (Å²) in [7, 11) is 0. The molecule has 26 heavy (non-hydrogen) atoms. The Morgan fingerprint density at radius 2 is 1.58 bits per heavy atom. The monoisotopic (exact) mass is 405 g/mol. The van der Waals surface area contributed by atoms with Gasteiger partial charge >= 0.3 is 0 Å². The summed E-state index contributed by atoms with van der Waals surface area (Å²) < 4.78 is 1.07. The quantitative estimate of drug-likeness (QED) is 0.461. The van der Waals surface area contributed by atoms with Crippen LogP contribution >= 0.6 is 15.9 Å². The molecule has 2 nitrogen and oxygen atoms in total. The van der Waals surface area contributed by atoms with Gasteiger partial charge in [-0.05, 0) is 42.0 Å². The molecule has 130 valence electrons. The van der Waals surface area contributed by atoms with E-state index in [0.717, 1.165) is 41.2 Å². The summed E-state index contributed by atoms with van der Waals surface area (Å²) in [5.41, 5.74) is 2.08. The number of amides is 1. The van der Waals surface area contributed by atoms with E-state index in [-0.39, 0.29) is 11.5 Å². The van der Waals surface area contributed by atoms with Crippen molar-refractivity contribution in [1.82, 2.24) is 0 Å². The Labute approximate surface area is 162 Å². The molecule has 1 amide bonds. The van der Waals surface area contributed by atoms with Gasteiger partial charge in [0.2, 0.25) is 5.91 Å². The zero-order valence-corrected chi connectivity index (χ0v) is 16.1. The number of halogens is 1. The molecule has 3 aromatic carbocycles. The molecule has 0 radical (unpaired) electrons. The van der Waals surface area contributed by atoms with Crippen LogP contribution in [0.5, 0.6) is 0 Å². The first-order valence-corrected chi connectivity index (χ1v) is 10.1. The second-order valence-corrected chi connectivity index (χ2v) is 8.41. The van der Waals surface area contributed by atoms with E-state index in [9.17, 15) is 4.79 Å². The van der Waals surface area contributed by atoms with Crippen LogP contribution in [0.3, 0.4) is 0 Å². The van der Waals surface area contributed by atoms with Crippen molar-refractivity contribution < 1.29 is 4.79 Å². The van der Waals surface area contributed by atoms with Crippen molar-refractivity contribution in [2.45, 2.75) is 31.7 Å². The van der Waals surface area contributed by atoms with Gasteiger partial charge in [-0.3, -0.25) is 4.79 Å². The molecule has 0 bridgehead atoms. The lowest BCUT2D eigenvalue weighted by Crippen LogP contribution is -2.62. The molecule has 1 saturated heterocycles. The Morgan fingerprint density at radius 1 is 0.885 bits per heavy atom. The predicted octanol–water partition coefficient (Wildman–Crippen LogP) is 6.25. The van der Waals surface area contributed by atoms with E-state index in [1.165, 1.54) is 10.9 Å². The first-order chi connectivity index (χ1) is 12.7. The highest BCUT2D eigenvalue weighted by Gasteiger charge is 2.62. The molecular weight excluding hydrogens is 386 g/mol. The third-order valence-electron chi connectivity index (χ3n) is 6.13. The van der Waals surface area contributed by atoms with E-state index in [2.05, 4.69) is 87.6 Å². The van der Waals surface area contributed by atoms with E-state index in [4.69, 9.17) is 0 Å². The number of nitrogens with zero attached hydrogens (tertiary/aromatic N) is 1. The minimum absolute atomic E-state index is 0.136. The molecule has 1 atom stereocenters. The molecule has 2 fully saturated rings. The van der Waals surface area contributed by atoms with Crippen LogP contribution in [0.1, 0.15) is 37.3 Å². The van der Waals surface area contributed by atoms with Gasteiger partial charge in [0, 0.05) is 9.86 Å². The average molecular weight is 406 g/mol. The number of carbonyl (C=O) groups is 1. The van der Waals surface area contributed by atoms with Crippen molar-refractivity contribution >= 4 is 38.3 Å². The third-order valence-corrected chi connectivity index (χ3v) is 6.66. The predicted molar refractivity (Wildman–Crippen MR) is 109 cm³/mol. The van der Waals surface area contributed by atoms with Crippen LogP contribution in [0, 0.1) is 5.41 Å². The zero-order valence-electron chi connectivity index (χ0n) is 14.5. The number of fused-ring (bicyclic) bond motifs is 1. The fourth-order valence-electron chi connectivity index (χ4n) is 4.93. The van der Waals surface area contributed by atoms with Crippen LogP contribution in [0.4, 0.5) is 5.69 Å². The topological polar surface area (TPSA) is 20.3 Å². The van der Waals surface area contributed by atoms with Crippen molar-refractivity contribution in [1.29, 1.82) is 0 Å². The van der Waals surface area contributed by atoms with Crippen molar-refractivity contribution in [2.24, 2.45) is 5.41 Å². The zero-order chi connectivity index (χ0) is 17.7. The highest BCUT2D eigenvalue weighted by molar-refractivity contribution is 9.10. The minimum Gasteiger partial charge on any atom is -0.303 e. The molecule has 3 aromatic rings. The normalized spacial score (nSPS) is 21.3. The Hall–Kier alpha value is -2.13. The third kappa shape index (κ3) is 2.20. The first kappa shape index (κ1) is 16.1. The van der Waals surface area contributed by atoms with Crippen LogP contribution in [0.15, 0.2) is 71.2 Å². The van der Waals surface area contributed by atoms with Crippen LogP contribution in [-0.2, 0) is 4.79 Å². The Morgan fingerprint density at radius 3 is 2.35 bits per heavy atom. The van der Waals surface area contributed by atoms with Gasteiger partial charge in [0.1, 0.15) is 0 Å². The van der Waals surface area contributed by atoms with Crippen molar-refractivity contribution in [3.8, 4) is 0 Å². The van der Waals surface area contributed by atoms with Crippen molar-refractivity contribution in [3.05, 3.63) is 76.8 Å². The van der Waals surface area contributed by atoms with Gasteiger partial charge in [0.25, 0.3) is 0 Å². The lowest BCUT2D eigenvalue weighted by Gasteiger charge is -2.55. The molecule has 1 unspecified atom stereocenters. The van der Waals surface area contributed by atoms with Gasteiger partial charge in [-0.2, -0.15) is 0 Å². The summed E-state index contributed by atoms with van der Waals surface area (Å²) in [6, 6.07) is 23.2. The summed E-state index contributed by atoms with van der Waals surface area (Å²) in [4.78, 5) is 15.4. The maximum absolute atomic E-state index is 13.4. The van der Waals surface area contributed by atoms with E-state index in [1.54, 1.807) is 0 Å². The van der Waals surface area contributed by atoms with Crippen molar-refractivity contribution in [2.75, 3.05) is 4.90 Å². The standard InChI is InChI=1S/C23H20BrNO/c24-18-12-10-17(11-13-18)21-23(14-3-4-15-23)22(26)25(21)20-9-5-7-16-6-1-2-8-19(16)20/h1-2,5-13,21H,3-4,14-15H2. The van der Waals surface area contributed by atoms with Gasteiger partial charge in [0.15, 0.2) is 0 Å². The van der Waals surface area contributed by atoms with Crippen LogP contribution in [0.25, 0.3) is 10.8 Å². The first-order valence-electron chi connectivity index (χ1n) is 9.28. The van der Waals surface area contributed by atoms with Crippen LogP contribution in [0.2, 0.25) is 0 Å². The number of rotatable bonds is 2. The maximum Gasteiger partial charge on any atom is 0.236 e. The molecule has 1 heterocycles. The average Bonchev–Trinajstić information content (AvgIpc) is 3.19. The number of hydrogen-bond acceptors (Lipinski definition) is 1. The summed E-state index contributed by atoms with van der Waals surface area (Å²) >= 11 is 3.53. The Bertz CT molecular complexity index is 983. The molecule has 5 rings (SSSR count). The van der Waals surface area contributed by atoms with Crippen LogP contribution in [-0.4, -0.2) is 5.91 Å². The highest BCUT2D eigenvalue weighted by Crippen LogP contribution is 2.60. The number of β-lactam (4-membered cyclic amide) rings is 1. The molecular formula is C23H20BrNO. The van der Waals surface area contributed by atoms with Crippen molar-refractivity contribution in [3.63, 3.8) is 0 Å². The van der Waals surface area contributed by atoms with Crippen LogP contribution < -0.4 is 4.90 Å². The second kappa shape index (κ2) is 5.95. The van der Waals surface area contributed by atoms with Gasteiger partial charge in [-0.25, -0.2) is 0 Å². The van der Waals surface area contributed by atoms with Gasteiger partial charge in [0.05, 0.1) is 17.1 Å². The SMILES string of the molecule is O=C1N(c2cccc3ccccc23)C(c2ccc(Br)cc2)C12CCCC2. The molecule has 1 saturated carbocycles. The maximum atomic E-state index is 13.4. The Kier molecular flexibility index (Phi) is 3.68. The molecule has 0 N–H and O–H groups in total. The van der Waals surface area contributed by atoms with E-state index >= 15 is 0 Å². The number of carbonyl (C=O) groups excluding carboxylic acids is 1. The summed E-state index contributed by atoms with van der Waals surface area (Å²) in [6.45, 7) is 0. The van der Waals surface area contributed by atoms with E-state index in [0.29, 0.717) is 5.91 Å². The number of hydrogen-bond donors (Lipinski definition) is 0. The molecule has 2 aliphatic rings. The van der Waals surface area contributed by atoms with Gasteiger partial charge < -0.3 is 4.90 Å². The second-order valence-electron chi connectivity index (χ2n) is 7.49. The summed E-state index contributed by atoms with van der Waals surface area (Å²) in [5, 5.41) is 2.33. The largest absolute Gasteiger partial charge is 0.303 e. The van der Waals surface area contributed by atoms with E-state index < -0.39 is 0 Å². The van der Waals surface area contributed by atoms with E-state index in [1.807, 2.05) is 0 Å². The summed E-state index contributed by atoms with van der Waals surface area (Å²) in [5.74, 6) is 0.305. The Balaban J connectivity index is 1.67.